The van der Waals surface area contributed by atoms with Crippen molar-refractivity contribution in [1.29, 1.82) is 0 Å². The lowest BCUT2D eigenvalue weighted by Gasteiger charge is -2.24. The fourth-order valence-corrected chi connectivity index (χ4v) is 3.86. The largest absolute Gasteiger partial charge is 0.506 e. The molecular formula is C26H18N2O4. The molecule has 0 atom stereocenters. The molecule has 0 heterocycles. The van der Waals surface area contributed by atoms with Crippen LogP contribution in [0.4, 0.5) is 22.7 Å². The Hall–Kier alpha value is -4.58. The minimum absolute atomic E-state index is 0.00593. The van der Waals surface area contributed by atoms with E-state index in [1.165, 1.54) is 6.07 Å². The molecule has 0 aliphatic heterocycles. The maximum atomic E-state index is 13.5. The third kappa shape index (κ3) is 3.15. The number of fused-ring (bicyclic) bond motifs is 2. The van der Waals surface area contributed by atoms with Gasteiger partial charge in [0.1, 0.15) is 11.5 Å². The molecule has 6 nitrogen and oxygen atoms in total. The molecule has 0 radical (unpaired) electrons. The van der Waals surface area contributed by atoms with E-state index in [9.17, 15) is 19.8 Å². The number of benzene rings is 4. The Balaban J connectivity index is 1.72. The molecule has 32 heavy (non-hydrogen) atoms. The van der Waals surface area contributed by atoms with Crippen molar-refractivity contribution >= 4 is 34.3 Å². The molecule has 4 aromatic rings. The summed E-state index contributed by atoms with van der Waals surface area (Å²) in [5, 5.41) is 26.8. The monoisotopic (exact) mass is 422 g/mol. The average Bonchev–Trinajstić information content (AvgIpc) is 2.81. The summed E-state index contributed by atoms with van der Waals surface area (Å²) in [7, 11) is 0. The molecule has 1 aliphatic carbocycles. The maximum absolute atomic E-state index is 13.5. The van der Waals surface area contributed by atoms with Crippen molar-refractivity contribution in [3.8, 4) is 11.5 Å². The van der Waals surface area contributed by atoms with E-state index in [1.54, 1.807) is 78.9 Å². The second-order valence-electron chi connectivity index (χ2n) is 7.40. The van der Waals surface area contributed by atoms with E-state index in [-0.39, 0.29) is 34.2 Å². The molecule has 156 valence electrons. The van der Waals surface area contributed by atoms with E-state index < -0.39 is 0 Å². The van der Waals surface area contributed by atoms with Crippen LogP contribution in [-0.4, -0.2) is 21.8 Å². The number of rotatable bonds is 4. The maximum Gasteiger partial charge on any atom is 0.196 e. The molecular weight excluding hydrogens is 404 g/mol. The number of ketones is 2. The van der Waals surface area contributed by atoms with Crippen LogP contribution in [-0.2, 0) is 0 Å². The lowest BCUT2D eigenvalue weighted by molar-refractivity contribution is 0.0980. The number of carbonyl (C=O) groups excluding carboxylic acids is 2. The Bertz CT molecular complexity index is 1390. The summed E-state index contributed by atoms with van der Waals surface area (Å²) < 4.78 is 0. The third-order valence-corrected chi connectivity index (χ3v) is 5.43. The van der Waals surface area contributed by atoms with Gasteiger partial charge in [-0.05, 0) is 36.4 Å². The second-order valence-corrected chi connectivity index (χ2v) is 7.40. The summed E-state index contributed by atoms with van der Waals surface area (Å²) in [6, 6.07) is 23.3. The van der Waals surface area contributed by atoms with E-state index in [1.807, 2.05) is 0 Å². The first-order valence-electron chi connectivity index (χ1n) is 10.00. The Morgan fingerprint density at radius 1 is 0.500 bits per heavy atom. The molecule has 0 aromatic heterocycles. The molecule has 0 saturated carbocycles. The van der Waals surface area contributed by atoms with Crippen LogP contribution in [0, 0.1) is 0 Å². The second kappa shape index (κ2) is 7.59. The van der Waals surface area contributed by atoms with Gasteiger partial charge in [0.2, 0.25) is 0 Å². The standard InChI is InChI=1S/C26H18N2O4/c29-21-11-5-3-9-18(21)27-20-14-13-17-23(24(20)28-19-10-4-6-12-22(19)30)26(32)16-8-2-1-7-15(16)25(17)31/h1-14,27-30H. The van der Waals surface area contributed by atoms with E-state index in [4.69, 9.17) is 0 Å². The van der Waals surface area contributed by atoms with Gasteiger partial charge in [0.05, 0.1) is 28.3 Å². The van der Waals surface area contributed by atoms with Crippen LogP contribution in [0.15, 0.2) is 84.9 Å². The molecule has 4 aromatic carbocycles. The Morgan fingerprint density at radius 3 is 1.66 bits per heavy atom. The third-order valence-electron chi connectivity index (χ3n) is 5.43. The minimum Gasteiger partial charge on any atom is -0.506 e. The molecule has 1 aliphatic rings. The molecule has 5 rings (SSSR count). The van der Waals surface area contributed by atoms with Gasteiger partial charge in [-0.3, -0.25) is 9.59 Å². The minimum atomic E-state index is -0.297. The Kier molecular flexibility index (Phi) is 4.60. The van der Waals surface area contributed by atoms with Gasteiger partial charge in [0.15, 0.2) is 11.6 Å². The first kappa shape index (κ1) is 19.4. The summed E-state index contributed by atoms with van der Waals surface area (Å²) in [5.74, 6) is -0.515. The van der Waals surface area contributed by atoms with E-state index in [2.05, 4.69) is 10.6 Å². The molecule has 0 fully saturated rings. The number of nitrogens with one attached hydrogen (secondary N) is 2. The zero-order chi connectivity index (χ0) is 22.2. The molecule has 6 heteroatoms. The fraction of sp³-hybridized carbons (Fsp3) is 0. The van der Waals surface area contributed by atoms with Gasteiger partial charge in [-0.15, -0.1) is 0 Å². The van der Waals surface area contributed by atoms with E-state index >= 15 is 0 Å². The molecule has 0 amide bonds. The quantitative estimate of drug-likeness (QED) is 0.291. The van der Waals surface area contributed by atoms with Crippen molar-refractivity contribution in [2.75, 3.05) is 10.6 Å². The number of phenolic OH excluding ortho intramolecular Hbond substituents is 2. The summed E-state index contributed by atoms with van der Waals surface area (Å²) in [5.41, 5.74) is 2.77. The summed E-state index contributed by atoms with van der Waals surface area (Å²) in [6.45, 7) is 0. The number of anilines is 4. The molecule has 0 bridgehead atoms. The van der Waals surface area contributed by atoms with E-state index in [0.29, 0.717) is 33.9 Å². The predicted octanol–water partition coefficient (Wildman–Crippen LogP) is 5.36. The van der Waals surface area contributed by atoms with Crippen LogP contribution in [0.2, 0.25) is 0 Å². The van der Waals surface area contributed by atoms with Gasteiger partial charge < -0.3 is 20.8 Å². The van der Waals surface area contributed by atoms with Gasteiger partial charge in [-0.1, -0.05) is 48.5 Å². The van der Waals surface area contributed by atoms with Gasteiger partial charge in [-0.25, -0.2) is 0 Å². The zero-order valence-electron chi connectivity index (χ0n) is 16.8. The highest BCUT2D eigenvalue weighted by atomic mass is 16.3. The number of para-hydroxylation sites is 4. The van der Waals surface area contributed by atoms with Crippen LogP contribution < -0.4 is 10.6 Å². The normalized spacial score (nSPS) is 12.1. The van der Waals surface area contributed by atoms with E-state index in [0.717, 1.165) is 0 Å². The molecule has 4 N–H and O–H groups in total. The lowest BCUT2D eigenvalue weighted by atomic mass is 9.82. The molecule has 0 saturated heterocycles. The van der Waals surface area contributed by atoms with Crippen molar-refractivity contribution in [2.24, 2.45) is 0 Å². The highest BCUT2D eigenvalue weighted by molar-refractivity contribution is 6.31. The van der Waals surface area contributed by atoms with Crippen LogP contribution in [0.5, 0.6) is 11.5 Å². The van der Waals surface area contributed by atoms with Crippen molar-refractivity contribution in [1.82, 2.24) is 0 Å². The van der Waals surface area contributed by atoms with Crippen LogP contribution in [0.1, 0.15) is 31.8 Å². The van der Waals surface area contributed by atoms with Gasteiger partial charge >= 0.3 is 0 Å². The fourth-order valence-electron chi connectivity index (χ4n) is 3.86. The van der Waals surface area contributed by atoms with Crippen LogP contribution in [0.3, 0.4) is 0 Å². The topological polar surface area (TPSA) is 98.7 Å². The first-order valence-corrected chi connectivity index (χ1v) is 10.00. The van der Waals surface area contributed by atoms with Crippen LogP contribution >= 0.6 is 0 Å². The number of phenols is 2. The average molecular weight is 422 g/mol. The zero-order valence-corrected chi connectivity index (χ0v) is 16.8. The van der Waals surface area contributed by atoms with Crippen molar-refractivity contribution < 1.29 is 19.8 Å². The predicted molar refractivity (Wildman–Crippen MR) is 123 cm³/mol. The van der Waals surface area contributed by atoms with Crippen LogP contribution in [0.25, 0.3) is 0 Å². The first-order chi connectivity index (χ1) is 15.5. The highest BCUT2D eigenvalue weighted by Crippen LogP contribution is 2.41. The lowest BCUT2D eigenvalue weighted by Crippen LogP contribution is -2.22. The number of aromatic hydroxyl groups is 2. The Morgan fingerprint density at radius 2 is 1.03 bits per heavy atom. The van der Waals surface area contributed by atoms with Gasteiger partial charge in [0, 0.05) is 16.7 Å². The van der Waals surface area contributed by atoms with Gasteiger partial charge in [-0.2, -0.15) is 0 Å². The highest BCUT2D eigenvalue weighted by Gasteiger charge is 2.33. The smallest absolute Gasteiger partial charge is 0.196 e. The summed E-state index contributed by atoms with van der Waals surface area (Å²) >= 11 is 0. The molecule has 0 unspecified atom stereocenters. The van der Waals surface area contributed by atoms with Crippen molar-refractivity contribution in [2.45, 2.75) is 0 Å². The SMILES string of the molecule is O=C1c2ccccc2C(=O)c2c1ccc(Nc1ccccc1O)c2Nc1ccccc1O. The van der Waals surface area contributed by atoms with Crippen molar-refractivity contribution in [3.63, 3.8) is 0 Å². The van der Waals surface area contributed by atoms with Gasteiger partial charge in [0.25, 0.3) is 0 Å². The van der Waals surface area contributed by atoms with Crippen molar-refractivity contribution in [3.05, 3.63) is 107 Å². The number of hydrogen-bond donors (Lipinski definition) is 4. The molecule has 0 spiro atoms. The summed E-state index contributed by atoms with van der Waals surface area (Å²) in [6.07, 6.45) is 0. The summed E-state index contributed by atoms with van der Waals surface area (Å²) in [4.78, 5) is 26.6. The number of hydrogen-bond acceptors (Lipinski definition) is 6. The Labute approximate surface area is 183 Å². The number of carbonyl (C=O) groups is 2.